The maximum absolute atomic E-state index is 11.7. The predicted octanol–water partition coefficient (Wildman–Crippen LogP) is 2.97. The predicted molar refractivity (Wildman–Crippen MR) is 72.3 cm³/mol. The van der Waals surface area contributed by atoms with E-state index in [-0.39, 0.29) is 11.8 Å². The zero-order valence-electron chi connectivity index (χ0n) is 11.2. The van der Waals surface area contributed by atoms with Gasteiger partial charge >= 0.3 is 0 Å². The summed E-state index contributed by atoms with van der Waals surface area (Å²) in [5, 5.41) is 4.43. The summed E-state index contributed by atoms with van der Waals surface area (Å²) in [4.78, 5) is 16.2. The lowest BCUT2D eigenvalue weighted by Gasteiger charge is -2.11. The van der Waals surface area contributed by atoms with E-state index >= 15 is 0 Å². The zero-order valence-corrected chi connectivity index (χ0v) is 11.2. The Morgan fingerprint density at radius 1 is 1.37 bits per heavy atom. The van der Waals surface area contributed by atoms with Crippen molar-refractivity contribution in [3.8, 4) is 0 Å². The third-order valence-electron chi connectivity index (χ3n) is 3.73. The van der Waals surface area contributed by atoms with E-state index in [4.69, 9.17) is 0 Å². The van der Waals surface area contributed by atoms with Crippen molar-refractivity contribution >= 4 is 5.78 Å². The molecule has 2 heterocycles. The molecule has 98 valence electrons. The van der Waals surface area contributed by atoms with Crippen molar-refractivity contribution < 1.29 is 4.79 Å². The Balaban J connectivity index is 2.02. The molecule has 4 heteroatoms. The van der Waals surface area contributed by atoms with Gasteiger partial charge in [-0.2, -0.15) is 0 Å². The highest BCUT2D eigenvalue weighted by molar-refractivity contribution is 5.92. The Kier molecular flexibility index (Phi) is 2.93. The largest absolute Gasteiger partial charge is 0.291 e. The highest BCUT2D eigenvalue weighted by Crippen LogP contribution is 2.38. The quantitative estimate of drug-likeness (QED) is 0.792. The molecule has 0 spiro atoms. The van der Waals surface area contributed by atoms with Crippen LogP contribution in [-0.2, 0) is 0 Å². The summed E-state index contributed by atoms with van der Waals surface area (Å²) < 4.78 is 1.93. The molecule has 4 nitrogen and oxygen atoms in total. The Morgan fingerprint density at radius 3 is 2.79 bits per heavy atom. The highest BCUT2D eigenvalue weighted by Gasteiger charge is 2.33. The molecule has 19 heavy (non-hydrogen) atoms. The molecule has 0 N–H and O–H groups in total. The average molecular weight is 255 g/mol. The average Bonchev–Trinajstić information content (AvgIpc) is 3.00. The van der Waals surface area contributed by atoms with Gasteiger partial charge in [0.05, 0.1) is 6.04 Å². The van der Waals surface area contributed by atoms with Gasteiger partial charge in [-0.25, -0.2) is 9.67 Å². The molecule has 0 saturated carbocycles. The van der Waals surface area contributed by atoms with Crippen LogP contribution in [0.5, 0.6) is 0 Å². The Hall–Kier alpha value is -1.97. The van der Waals surface area contributed by atoms with E-state index in [1.54, 1.807) is 0 Å². The third-order valence-corrected chi connectivity index (χ3v) is 3.73. The van der Waals surface area contributed by atoms with Gasteiger partial charge in [0.2, 0.25) is 11.6 Å². The number of aromatic nitrogens is 3. The van der Waals surface area contributed by atoms with Crippen LogP contribution < -0.4 is 0 Å². The van der Waals surface area contributed by atoms with Crippen LogP contribution in [0.25, 0.3) is 0 Å². The minimum Gasteiger partial charge on any atom is -0.291 e. The smallest absolute Gasteiger partial charge is 0.217 e. The topological polar surface area (TPSA) is 47.8 Å². The summed E-state index contributed by atoms with van der Waals surface area (Å²) in [5.41, 5.74) is 1.23. The molecular formula is C15H17N3O. The maximum atomic E-state index is 11.7. The van der Waals surface area contributed by atoms with Gasteiger partial charge in [-0.15, -0.1) is 5.10 Å². The number of nitrogens with zero attached hydrogens (tertiary/aromatic N) is 3. The number of ketones is 1. The summed E-state index contributed by atoms with van der Waals surface area (Å²) in [6.07, 6.45) is 1.45. The van der Waals surface area contributed by atoms with Gasteiger partial charge in [0, 0.05) is 12.3 Å². The molecule has 2 atom stereocenters. The first-order valence-electron chi connectivity index (χ1n) is 6.75. The van der Waals surface area contributed by atoms with Crippen LogP contribution in [0.1, 0.15) is 60.7 Å². The Bertz CT molecular complexity index is 603. The Labute approximate surface area is 112 Å². The summed E-state index contributed by atoms with van der Waals surface area (Å²) in [5.74, 6) is 1.66. The molecule has 1 aliphatic heterocycles. The van der Waals surface area contributed by atoms with Crippen molar-refractivity contribution in [3.05, 3.63) is 47.5 Å². The summed E-state index contributed by atoms with van der Waals surface area (Å²) in [6, 6.07) is 10.5. The van der Waals surface area contributed by atoms with Gasteiger partial charge in [-0.3, -0.25) is 4.79 Å². The minimum absolute atomic E-state index is 0.0147. The number of carbonyl (C=O) groups is 1. The monoisotopic (exact) mass is 255 g/mol. The van der Waals surface area contributed by atoms with Gasteiger partial charge in [0.15, 0.2) is 0 Å². The lowest BCUT2D eigenvalue weighted by molar-refractivity contribution is 0.0977. The molecule has 0 aliphatic carbocycles. The number of fused-ring (bicyclic) bond motifs is 1. The van der Waals surface area contributed by atoms with Crippen LogP contribution in [0, 0.1) is 0 Å². The SMILES string of the molecule is CCC(=O)c1nc2n(n1)C(c1ccccc1)CC2C. The number of rotatable bonds is 3. The van der Waals surface area contributed by atoms with E-state index in [9.17, 15) is 4.79 Å². The molecule has 1 aromatic carbocycles. The molecule has 1 aromatic heterocycles. The first-order valence-corrected chi connectivity index (χ1v) is 6.75. The molecule has 1 aliphatic rings. The molecule has 2 unspecified atom stereocenters. The molecular weight excluding hydrogens is 238 g/mol. The van der Waals surface area contributed by atoms with Gasteiger partial charge in [0.25, 0.3) is 0 Å². The lowest BCUT2D eigenvalue weighted by atomic mass is 10.0. The second-order valence-electron chi connectivity index (χ2n) is 5.08. The van der Waals surface area contributed by atoms with E-state index in [0.717, 1.165) is 12.2 Å². The van der Waals surface area contributed by atoms with Crippen molar-refractivity contribution in [2.45, 2.75) is 38.6 Å². The van der Waals surface area contributed by atoms with E-state index < -0.39 is 0 Å². The summed E-state index contributed by atoms with van der Waals surface area (Å²) >= 11 is 0. The minimum atomic E-state index is 0.0147. The fourth-order valence-corrected chi connectivity index (χ4v) is 2.67. The van der Waals surface area contributed by atoms with Gasteiger partial charge in [-0.1, -0.05) is 44.2 Å². The molecule has 2 aromatic rings. The molecule has 0 bridgehead atoms. The molecule has 0 fully saturated rings. The van der Waals surface area contributed by atoms with Crippen molar-refractivity contribution in [3.63, 3.8) is 0 Å². The number of hydrogen-bond acceptors (Lipinski definition) is 3. The van der Waals surface area contributed by atoms with E-state index in [1.165, 1.54) is 5.56 Å². The Morgan fingerprint density at radius 2 is 2.11 bits per heavy atom. The first kappa shape index (κ1) is 12.1. The van der Waals surface area contributed by atoms with Gasteiger partial charge < -0.3 is 0 Å². The standard InChI is InChI=1S/C15H17N3O/c1-3-13(19)14-16-15-10(2)9-12(18(15)17-14)11-7-5-4-6-8-11/h4-8,10,12H,3,9H2,1-2H3. The fraction of sp³-hybridized carbons (Fsp3) is 0.400. The first-order chi connectivity index (χ1) is 9.20. The van der Waals surface area contributed by atoms with Crippen LogP contribution in [0.3, 0.4) is 0 Å². The summed E-state index contributed by atoms with van der Waals surface area (Å²) in [6.45, 7) is 3.98. The normalized spacial score (nSPS) is 21.4. The van der Waals surface area contributed by atoms with Crippen LogP contribution in [0.2, 0.25) is 0 Å². The third kappa shape index (κ3) is 1.97. The van der Waals surface area contributed by atoms with Crippen molar-refractivity contribution in [1.29, 1.82) is 0 Å². The highest BCUT2D eigenvalue weighted by atomic mass is 16.1. The summed E-state index contributed by atoms with van der Waals surface area (Å²) in [7, 11) is 0. The van der Waals surface area contributed by atoms with E-state index in [0.29, 0.717) is 18.2 Å². The number of benzene rings is 1. The maximum Gasteiger partial charge on any atom is 0.217 e. The molecule has 3 rings (SSSR count). The van der Waals surface area contributed by atoms with Crippen molar-refractivity contribution in [1.82, 2.24) is 14.8 Å². The molecule has 0 radical (unpaired) electrons. The van der Waals surface area contributed by atoms with Crippen molar-refractivity contribution in [2.24, 2.45) is 0 Å². The van der Waals surface area contributed by atoms with E-state index in [2.05, 4.69) is 29.1 Å². The van der Waals surface area contributed by atoms with Crippen molar-refractivity contribution in [2.75, 3.05) is 0 Å². The second-order valence-corrected chi connectivity index (χ2v) is 5.08. The van der Waals surface area contributed by atoms with Gasteiger partial charge in [-0.05, 0) is 12.0 Å². The van der Waals surface area contributed by atoms with Crippen LogP contribution in [0.4, 0.5) is 0 Å². The van der Waals surface area contributed by atoms with Crippen LogP contribution >= 0.6 is 0 Å². The molecule has 0 amide bonds. The van der Waals surface area contributed by atoms with Crippen LogP contribution in [0.15, 0.2) is 30.3 Å². The fourth-order valence-electron chi connectivity index (χ4n) is 2.67. The molecule has 0 saturated heterocycles. The lowest BCUT2D eigenvalue weighted by Crippen LogP contribution is -2.09. The number of carbonyl (C=O) groups excluding carboxylic acids is 1. The van der Waals surface area contributed by atoms with E-state index in [1.807, 2.05) is 29.8 Å². The zero-order chi connectivity index (χ0) is 13.4. The number of Topliss-reactive ketones (excluding diaryl/α,β-unsaturated/α-hetero) is 1. The van der Waals surface area contributed by atoms with Gasteiger partial charge in [0.1, 0.15) is 5.82 Å². The number of hydrogen-bond donors (Lipinski definition) is 0. The second kappa shape index (κ2) is 4.61. The van der Waals surface area contributed by atoms with Crippen LogP contribution in [-0.4, -0.2) is 20.5 Å².